The highest BCUT2D eigenvalue weighted by Gasteiger charge is 2.42. The van der Waals surface area contributed by atoms with Gasteiger partial charge in [0, 0.05) is 24.4 Å². The van der Waals surface area contributed by atoms with Crippen LogP contribution in [-0.4, -0.2) is 23.1 Å². The molecule has 2 aromatic carbocycles. The Kier molecular flexibility index (Phi) is 6.20. The second kappa shape index (κ2) is 9.60. The maximum atomic E-state index is 11.8. The molecule has 0 spiro atoms. The average molecular weight is 485 g/mol. The third-order valence-electron chi connectivity index (χ3n) is 5.85. The minimum atomic E-state index is -0.312. The van der Waals surface area contributed by atoms with E-state index in [0.29, 0.717) is 16.5 Å². The van der Waals surface area contributed by atoms with Gasteiger partial charge in [0.15, 0.2) is 5.11 Å². The van der Waals surface area contributed by atoms with E-state index >= 15 is 0 Å². The van der Waals surface area contributed by atoms with Gasteiger partial charge in [-0.25, -0.2) is 0 Å². The maximum absolute atomic E-state index is 11.8. The highest BCUT2D eigenvalue weighted by Crippen LogP contribution is 2.44. The molecule has 0 saturated carbocycles. The summed E-state index contributed by atoms with van der Waals surface area (Å²) in [6, 6.07) is 24.7. The van der Waals surface area contributed by atoms with Crippen LogP contribution < -0.4 is 20.3 Å². The zero-order chi connectivity index (χ0) is 24.4. The molecule has 2 aromatic heterocycles. The summed E-state index contributed by atoms with van der Waals surface area (Å²) in [5.41, 5.74) is 3.18. The number of pyridine rings is 1. The van der Waals surface area contributed by atoms with Crippen LogP contribution >= 0.6 is 12.2 Å². The van der Waals surface area contributed by atoms with Gasteiger partial charge in [-0.3, -0.25) is 9.78 Å². The zero-order valence-electron chi connectivity index (χ0n) is 19.3. The molecule has 3 heterocycles. The molecule has 176 valence electrons. The minimum Gasteiger partial charge on any atom is -0.495 e. The fourth-order valence-electron chi connectivity index (χ4n) is 4.32. The Hall–Kier alpha value is -4.17. The number of methoxy groups -OCH3 is 1. The van der Waals surface area contributed by atoms with Crippen LogP contribution in [0.2, 0.25) is 0 Å². The number of carbonyl (C=O) groups excluding carboxylic acids is 1. The van der Waals surface area contributed by atoms with Crippen molar-refractivity contribution in [3.63, 3.8) is 0 Å². The zero-order valence-corrected chi connectivity index (χ0v) is 20.1. The van der Waals surface area contributed by atoms with Gasteiger partial charge in [0.2, 0.25) is 5.91 Å². The highest BCUT2D eigenvalue weighted by molar-refractivity contribution is 7.80. The first kappa shape index (κ1) is 22.6. The number of ether oxygens (including phenoxy) is 1. The van der Waals surface area contributed by atoms with Gasteiger partial charge in [0.1, 0.15) is 23.3 Å². The number of nitrogens with zero attached hydrogens (tertiary/aromatic N) is 2. The molecule has 8 heteroatoms. The molecule has 1 amide bonds. The van der Waals surface area contributed by atoms with Crippen LogP contribution in [0.4, 0.5) is 11.4 Å². The normalized spacial score (nSPS) is 17.2. The van der Waals surface area contributed by atoms with E-state index in [4.69, 9.17) is 21.4 Å². The topological polar surface area (TPSA) is 79.6 Å². The predicted octanol–water partition coefficient (Wildman–Crippen LogP) is 5.49. The van der Waals surface area contributed by atoms with Crippen molar-refractivity contribution in [2.45, 2.75) is 19.0 Å². The molecule has 1 aliphatic rings. The number of hydrogen-bond donors (Lipinski definition) is 2. The lowest BCUT2D eigenvalue weighted by atomic mass is 10.0. The van der Waals surface area contributed by atoms with E-state index in [-0.39, 0.29) is 18.0 Å². The molecular weight excluding hydrogens is 460 g/mol. The lowest BCUT2D eigenvalue weighted by Gasteiger charge is -2.27. The number of thiocarbonyl (C=S) groups is 1. The van der Waals surface area contributed by atoms with Crippen molar-refractivity contribution in [3.8, 4) is 17.1 Å². The Morgan fingerprint density at radius 1 is 1.09 bits per heavy atom. The van der Waals surface area contributed by atoms with Crippen LogP contribution in [0.25, 0.3) is 11.3 Å². The molecule has 1 aliphatic heterocycles. The van der Waals surface area contributed by atoms with Crippen LogP contribution in [-0.2, 0) is 4.79 Å². The number of furan rings is 1. The van der Waals surface area contributed by atoms with Crippen LogP contribution in [0, 0.1) is 0 Å². The van der Waals surface area contributed by atoms with Crippen LogP contribution in [0.1, 0.15) is 30.5 Å². The molecule has 0 unspecified atom stereocenters. The van der Waals surface area contributed by atoms with E-state index in [0.717, 1.165) is 28.5 Å². The number of anilines is 2. The second-order valence-electron chi connectivity index (χ2n) is 8.13. The molecule has 5 rings (SSSR count). The van der Waals surface area contributed by atoms with Crippen molar-refractivity contribution >= 4 is 34.6 Å². The standard InChI is InChI=1S/C27H24N4O3S/c1-17(32)29-21-16-19(11-12-23(21)33-2)31-26(25(30-27(31)35)20-10-6-7-15-28-20)24-14-13-22(34-24)18-8-4-3-5-9-18/h3-16,25-26H,1-2H3,(H,29,32)(H,30,35)/t25-,26+/m1/s1. The van der Waals surface area contributed by atoms with Crippen molar-refractivity contribution in [2.75, 3.05) is 17.3 Å². The summed E-state index contributed by atoms with van der Waals surface area (Å²) in [5, 5.41) is 6.79. The van der Waals surface area contributed by atoms with Gasteiger partial charge in [-0.1, -0.05) is 36.4 Å². The second-order valence-corrected chi connectivity index (χ2v) is 8.52. The molecule has 35 heavy (non-hydrogen) atoms. The van der Waals surface area contributed by atoms with Crippen LogP contribution in [0.3, 0.4) is 0 Å². The molecule has 0 aliphatic carbocycles. The van der Waals surface area contributed by atoms with Gasteiger partial charge in [0.25, 0.3) is 0 Å². The van der Waals surface area contributed by atoms with Crippen LogP contribution in [0.5, 0.6) is 5.75 Å². The van der Waals surface area contributed by atoms with Crippen LogP contribution in [0.15, 0.2) is 89.5 Å². The maximum Gasteiger partial charge on any atom is 0.221 e. The molecule has 7 nitrogen and oxygen atoms in total. The number of rotatable bonds is 6. The molecule has 0 bridgehead atoms. The number of hydrogen-bond acceptors (Lipinski definition) is 5. The minimum absolute atomic E-state index is 0.191. The summed E-state index contributed by atoms with van der Waals surface area (Å²) >= 11 is 5.80. The number of amides is 1. The quantitative estimate of drug-likeness (QED) is 0.351. The van der Waals surface area contributed by atoms with Gasteiger partial charge < -0.3 is 24.7 Å². The van der Waals surface area contributed by atoms with Gasteiger partial charge in [-0.2, -0.15) is 0 Å². The Bertz CT molecular complexity index is 1360. The first-order valence-electron chi connectivity index (χ1n) is 11.2. The number of aromatic nitrogens is 1. The first-order chi connectivity index (χ1) is 17.0. The number of benzene rings is 2. The highest BCUT2D eigenvalue weighted by atomic mass is 32.1. The third-order valence-corrected chi connectivity index (χ3v) is 6.16. The predicted molar refractivity (Wildman–Crippen MR) is 139 cm³/mol. The third kappa shape index (κ3) is 4.48. The SMILES string of the molecule is COc1ccc(N2C(=S)N[C@H](c3ccccn3)[C@@H]2c2ccc(-c3ccccc3)o2)cc1NC(C)=O. The Morgan fingerprint density at radius 2 is 1.89 bits per heavy atom. The summed E-state index contributed by atoms with van der Waals surface area (Å²) in [4.78, 5) is 18.4. The monoisotopic (exact) mass is 484 g/mol. The van der Waals surface area contributed by atoms with E-state index in [9.17, 15) is 4.79 Å². The van der Waals surface area contributed by atoms with Crippen molar-refractivity contribution in [1.82, 2.24) is 10.3 Å². The summed E-state index contributed by atoms with van der Waals surface area (Å²) in [7, 11) is 1.57. The molecule has 2 atom stereocenters. The molecule has 1 fully saturated rings. The van der Waals surface area contributed by atoms with E-state index in [1.807, 2.05) is 83.8 Å². The summed E-state index contributed by atoms with van der Waals surface area (Å²) in [5.74, 6) is 1.88. The Morgan fingerprint density at radius 3 is 2.60 bits per heavy atom. The largest absolute Gasteiger partial charge is 0.495 e. The van der Waals surface area contributed by atoms with Gasteiger partial charge >= 0.3 is 0 Å². The van der Waals surface area contributed by atoms with E-state index < -0.39 is 0 Å². The van der Waals surface area contributed by atoms with Gasteiger partial charge in [-0.05, 0) is 54.7 Å². The van der Waals surface area contributed by atoms with Crippen molar-refractivity contribution in [3.05, 3.63) is 96.5 Å². The van der Waals surface area contributed by atoms with Crippen molar-refractivity contribution in [2.24, 2.45) is 0 Å². The number of carbonyl (C=O) groups is 1. The smallest absolute Gasteiger partial charge is 0.221 e. The van der Waals surface area contributed by atoms with E-state index in [2.05, 4.69) is 15.6 Å². The lowest BCUT2D eigenvalue weighted by Crippen LogP contribution is -2.29. The summed E-state index contributed by atoms with van der Waals surface area (Å²) < 4.78 is 11.8. The molecule has 2 N–H and O–H groups in total. The lowest BCUT2D eigenvalue weighted by molar-refractivity contribution is -0.114. The van der Waals surface area contributed by atoms with Crippen molar-refractivity contribution < 1.29 is 13.9 Å². The summed E-state index contributed by atoms with van der Waals surface area (Å²) in [6.07, 6.45) is 1.76. The first-order valence-corrected chi connectivity index (χ1v) is 11.6. The fourth-order valence-corrected chi connectivity index (χ4v) is 4.67. The Balaban J connectivity index is 1.60. The number of nitrogens with one attached hydrogen (secondary N) is 2. The molecule has 4 aromatic rings. The van der Waals surface area contributed by atoms with E-state index in [1.165, 1.54) is 6.92 Å². The van der Waals surface area contributed by atoms with Gasteiger partial charge in [-0.15, -0.1) is 0 Å². The Labute approximate surface area is 208 Å². The van der Waals surface area contributed by atoms with E-state index in [1.54, 1.807) is 13.3 Å². The van der Waals surface area contributed by atoms with Gasteiger partial charge in [0.05, 0.1) is 24.5 Å². The molecular formula is C27H24N4O3S. The average Bonchev–Trinajstić information content (AvgIpc) is 3.49. The molecule has 1 saturated heterocycles. The summed E-state index contributed by atoms with van der Waals surface area (Å²) in [6.45, 7) is 1.46. The molecule has 0 radical (unpaired) electrons. The van der Waals surface area contributed by atoms with Crippen molar-refractivity contribution in [1.29, 1.82) is 0 Å². The fraction of sp³-hybridized carbons (Fsp3) is 0.148.